The molecule has 0 aromatic heterocycles. The monoisotopic (exact) mass is 224 g/mol. The highest BCUT2D eigenvalue weighted by Crippen LogP contribution is 2.31. The third-order valence-corrected chi connectivity index (χ3v) is 2.79. The summed E-state index contributed by atoms with van der Waals surface area (Å²) >= 11 is 0. The molecule has 1 heteroatoms. The van der Waals surface area contributed by atoms with Crippen LogP contribution in [0.25, 0.3) is 11.1 Å². The summed E-state index contributed by atoms with van der Waals surface area (Å²) in [5.41, 5.74) is 3.62. The first kappa shape index (κ1) is 11.5. The Morgan fingerprint density at radius 3 is 2.47 bits per heavy atom. The summed E-state index contributed by atoms with van der Waals surface area (Å²) in [4.78, 5) is 0. The number of hydrogen-bond acceptors (Lipinski definition) is 1. The molecule has 0 radical (unpaired) electrons. The van der Waals surface area contributed by atoms with Crippen molar-refractivity contribution in [2.24, 2.45) is 0 Å². The maximum Gasteiger partial charge on any atom is 0.122 e. The van der Waals surface area contributed by atoms with Crippen molar-refractivity contribution in [3.8, 4) is 16.9 Å². The molecule has 0 unspecified atom stereocenters. The van der Waals surface area contributed by atoms with Crippen LogP contribution in [0, 0.1) is 0 Å². The second-order valence-electron chi connectivity index (χ2n) is 3.85. The van der Waals surface area contributed by atoms with Crippen molar-refractivity contribution in [2.75, 3.05) is 7.11 Å². The van der Waals surface area contributed by atoms with Gasteiger partial charge in [0.2, 0.25) is 0 Å². The average molecular weight is 224 g/mol. The number of benzene rings is 2. The number of allylic oxidation sites excluding steroid dienone is 1. The fourth-order valence-corrected chi connectivity index (χ4v) is 2.00. The van der Waals surface area contributed by atoms with Gasteiger partial charge < -0.3 is 4.74 Å². The van der Waals surface area contributed by atoms with E-state index < -0.39 is 0 Å². The van der Waals surface area contributed by atoms with Crippen molar-refractivity contribution in [1.82, 2.24) is 0 Å². The molecule has 17 heavy (non-hydrogen) atoms. The summed E-state index contributed by atoms with van der Waals surface area (Å²) in [6, 6.07) is 16.5. The van der Waals surface area contributed by atoms with Crippen LogP contribution >= 0.6 is 0 Å². The average Bonchev–Trinajstić information content (AvgIpc) is 2.40. The lowest BCUT2D eigenvalue weighted by molar-refractivity contribution is 0.411. The van der Waals surface area contributed by atoms with E-state index >= 15 is 0 Å². The fourth-order valence-electron chi connectivity index (χ4n) is 2.00. The molecular weight excluding hydrogens is 208 g/mol. The van der Waals surface area contributed by atoms with E-state index in [1.165, 1.54) is 16.7 Å². The lowest BCUT2D eigenvalue weighted by Crippen LogP contribution is -1.94. The molecule has 0 saturated heterocycles. The second kappa shape index (κ2) is 5.35. The summed E-state index contributed by atoms with van der Waals surface area (Å²) < 4.78 is 5.41. The molecule has 0 atom stereocenters. The van der Waals surface area contributed by atoms with Gasteiger partial charge in [0, 0.05) is 5.56 Å². The molecule has 0 heterocycles. The minimum Gasteiger partial charge on any atom is -0.496 e. The van der Waals surface area contributed by atoms with Crippen LogP contribution in [0.5, 0.6) is 5.75 Å². The smallest absolute Gasteiger partial charge is 0.122 e. The molecule has 0 aliphatic rings. The van der Waals surface area contributed by atoms with Crippen LogP contribution in [0.15, 0.2) is 61.2 Å². The summed E-state index contributed by atoms with van der Waals surface area (Å²) in [6.45, 7) is 3.81. The van der Waals surface area contributed by atoms with Crippen molar-refractivity contribution >= 4 is 0 Å². The zero-order chi connectivity index (χ0) is 12.1. The van der Waals surface area contributed by atoms with E-state index in [9.17, 15) is 0 Å². The molecule has 0 aliphatic carbocycles. The maximum atomic E-state index is 5.41. The van der Waals surface area contributed by atoms with Crippen molar-refractivity contribution in [3.63, 3.8) is 0 Å². The van der Waals surface area contributed by atoms with Crippen molar-refractivity contribution in [2.45, 2.75) is 6.42 Å². The molecule has 2 rings (SSSR count). The highest BCUT2D eigenvalue weighted by molar-refractivity contribution is 5.70. The standard InChI is InChI=1S/C16H16O/c1-3-8-15-14(11-7-12-16(15)17-2)13-9-5-4-6-10-13/h3-7,9-12H,1,8H2,2H3. The summed E-state index contributed by atoms with van der Waals surface area (Å²) in [5, 5.41) is 0. The highest BCUT2D eigenvalue weighted by Gasteiger charge is 2.08. The van der Waals surface area contributed by atoms with Crippen LogP contribution in [-0.2, 0) is 6.42 Å². The summed E-state index contributed by atoms with van der Waals surface area (Å²) in [5.74, 6) is 0.922. The molecule has 0 saturated carbocycles. The maximum absolute atomic E-state index is 5.41. The van der Waals surface area contributed by atoms with E-state index in [-0.39, 0.29) is 0 Å². The molecule has 1 nitrogen and oxygen atoms in total. The third-order valence-electron chi connectivity index (χ3n) is 2.79. The van der Waals surface area contributed by atoms with Crippen LogP contribution in [0.1, 0.15) is 5.56 Å². The van der Waals surface area contributed by atoms with Gasteiger partial charge >= 0.3 is 0 Å². The van der Waals surface area contributed by atoms with Crippen molar-refractivity contribution in [1.29, 1.82) is 0 Å². The number of hydrogen-bond donors (Lipinski definition) is 0. The number of methoxy groups -OCH3 is 1. The van der Waals surface area contributed by atoms with E-state index in [2.05, 4.69) is 24.8 Å². The minimum atomic E-state index is 0.814. The Labute approximate surface area is 102 Å². The number of rotatable bonds is 4. The van der Waals surface area contributed by atoms with Gasteiger partial charge in [-0.15, -0.1) is 6.58 Å². The van der Waals surface area contributed by atoms with Crippen LogP contribution in [0.4, 0.5) is 0 Å². The lowest BCUT2D eigenvalue weighted by atomic mass is 9.97. The fraction of sp³-hybridized carbons (Fsp3) is 0.125. The van der Waals surface area contributed by atoms with E-state index in [0.717, 1.165) is 12.2 Å². The predicted molar refractivity (Wildman–Crippen MR) is 72.3 cm³/mol. The zero-order valence-electron chi connectivity index (χ0n) is 10.0. The quantitative estimate of drug-likeness (QED) is 0.711. The van der Waals surface area contributed by atoms with E-state index in [1.807, 2.05) is 36.4 Å². The molecule has 2 aromatic carbocycles. The third kappa shape index (κ3) is 2.39. The Morgan fingerprint density at radius 2 is 1.82 bits per heavy atom. The molecule has 0 N–H and O–H groups in total. The van der Waals surface area contributed by atoms with Crippen LogP contribution in [0.2, 0.25) is 0 Å². The Balaban J connectivity index is 2.57. The molecular formula is C16H16O. The highest BCUT2D eigenvalue weighted by atomic mass is 16.5. The molecule has 2 aromatic rings. The first-order chi connectivity index (χ1) is 8.36. The lowest BCUT2D eigenvalue weighted by Gasteiger charge is -2.12. The van der Waals surface area contributed by atoms with Crippen LogP contribution < -0.4 is 4.74 Å². The topological polar surface area (TPSA) is 9.23 Å². The van der Waals surface area contributed by atoms with Crippen LogP contribution in [-0.4, -0.2) is 7.11 Å². The van der Waals surface area contributed by atoms with Crippen molar-refractivity contribution < 1.29 is 4.74 Å². The summed E-state index contributed by atoms with van der Waals surface area (Å²) in [6.07, 6.45) is 2.72. The van der Waals surface area contributed by atoms with E-state index in [1.54, 1.807) is 7.11 Å². The van der Waals surface area contributed by atoms with Crippen LogP contribution in [0.3, 0.4) is 0 Å². The first-order valence-corrected chi connectivity index (χ1v) is 5.69. The molecule has 0 fully saturated rings. The molecule has 0 aliphatic heterocycles. The second-order valence-corrected chi connectivity index (χ2v) is 3.85. The molecule has 0 spiro atoms. The largest absolute Gasteiger partial charge is 0.496 e. The van der Waals surface area contributed by atoms with Gasteiger partial charge in [0.05, 0.1) is 7.11 Å². The van der Waals surface area contributed by atoms with Gasteiger partial charge in [-0.25, -0.2) is 0 Å². The number of ether oxygens (including phenoxy) is 1. The SMILES string of the molecule is C=CCc1c(OC)cccc1-c1ccccc1. The van der Waals surface area contributed by atoms with Gasteiger partial charge in [-0.3, -0.25) is 0 Å². The Hall–Kier alpha value is -2.02. The minimum absolute atomic E-state index is 0.814. The van der Waals surface area contributed by atoms with Gasteiger partial charge in [0.15, 0.2) is 0 Å². The van der Waals surface area contributed by atoms with Gasteiger partial charge in [-0.05, 0) is 23.6 Å². The summed E-state index contributed by atoms with van der Waals surface area (Å²) in [7, 11) is 1.71. The zero-order valence-corrected chi connectivity index (χ0v) is 10.0. The van der Waals surface area contributed by atoms with Gasteiger partial charge in [-0.2, -0.15) is 0 Å². The molecule has 0 amide bonds. The predicted octanol–water partition coefficient (Wildman–Crippen LogP) is 4.09. The normalized spacial score (nSPS) is 9.94. The first-order valence-electron chi connectivity index (χ1n) is 5.69. The van der Waals surface area contributed by atoms with Gasteiger partial charge in [-0.1, -0.05) is 48.5 Å². The van der Waals surface area contributed by atoms with Crippen molar-refractivity contribution in [3.05, 3.63) is 66.7 Å². The van der Waals surface area contributed by atoms with E-state index in [4.69, 9.17) is 4.74 Å². The Bertz CT molecular complexity index is 500. The Morgan fingerprint density at radius 1 is 1.06 bits per heavy atom. The van der Waals surface area contributed by atoms with Gasteiger partial charge in [0.1, 0.15) is 5.75 Å². The molecule has 0 bridgehead atoms. The van der Waals surface area contributed by atoms with Gasteiger partial charge in [0.25, 0.3) is 0 Å². The van der Waals surface area contributed by atoms with E-state index in [0.29, 0.717) is 0 Å². The Kier molecular flexibility index (Phi) is 3.61. The molecule has 86 valence electrons.